The summed E-state index contributed by atoms with van der Waals surface area (Å²) in [4.78, 5) is 18.7. The first-order chi connectivity index (χ1) is 8.16. The van der Waals surface area contributed by atoms with Crippen LogP contribution in [0.2, 0.25) is 0 Å². The van der Waals surface area contributed by atoms with Gasteiger partial charge in [0, 0.05) is 25.5 Å². The number of aromatic nitrogens is 3. The lowest BCUT2D eigenvalue weighted by molar-refractivity contribution is 0.249. The Labute approximate surface area is 97.0 Å². The van der Waals surface area contributed by atoms with Crippen LogP contribution in [0.4, 0.5) is 16.4 Å². The standard InChI is InChI=1S/C9H13N7O/c10-6-5-16-4-3-13-8(16)7(15-6)12-1-2-14-9(11)17/h3-5H,1-2,10H2,(H,12,15)(H3,11,14,17). The van der Waals surface area contributed by atoms with E-state index >= 15 is 0 Å². The smallest absolute Gasteiger partial charge is 0.312 e. The summed E-state index contributed by atoms with van der Waals surface area (Å²) >= 11 is 0. The lowest BCUT2D eigenvalue weighted by atomic mass is 10.5. The highest BCUT2D eigenvalue weighted by Gasteiger charge is 2.05. The number of anilines is 2. The number of carbonyl (C=O) groups excluding carboxylic acids is 1. The SMILES string of the molecule is NC(=O)NCCNc1nc(N)cn2ccnc12. The zero-order valence-electron chi connectivity index (χ0n) is 9.05. The number of carbonyl (C=O) groups is 1. The molecule has 2 aromatic rings. The number of hydrogen-bond donors (Lipinski definition) is 4. The van der Waals surface area contributed by atoms with E-state index in [1.54, 1.807) is 23.0 Å². The first-order valence-corrected chi connectivity index (χ1v) is 5.03. The summed E-state index contributed by atoms with van der Waals surface area (Å²) in [5.74, 6) is 0.960. The van der Waals surface area contributed by atoms with Crippen molar-refractivity contribution in [2.24, 2.45) is 5.73 Å². The molecule has 2 amide bonds. The lowest BCUT2D eigenvalue weighted by Crippen LogP contribution is -2.33. The van der Waals surface area contributed by atoms with Gasteiger partial charge in [-0.05, 0) is 0 Å². The van der Waals surface area contributed by atoms with Crippen LogP contribution in [0.3, 0.4) is 0 Å². The number of fused-ring (bicyclic) bond motifs is 1. The Morgan fingerprint density at radius 2 is 2.29 bits per heavy atom. The summed E-state index contributed by atoms with van der Waals surface area (Å²) < 4.78 is 1.77. The second kappa shape index (κ2) is 4.56. The largest absolute Gasteiger partial charge is 0.382 e. The average Bonchev–Trinajstić information content (AvgIpc) is 2.71. The van der Waals surface area contributed by atoms with Gasteiger partial charge in [0.1, 0.15) is 5.82 Å². The van der Waals surface area contributed by atoms with E-state index in [9.17, 15) is 4.79 Å². The number of nitrogens with one attached hydrogen (secondary N) is 2. The van der Waals surface area contributed by atoms with E-state index in [0.29, 0.717) is 30.4 Å². The highest BCUT2D eigenvalue weighted by Crippen LogP contribution is 2.13. The Kier molecular flexibility index (Phi) is 2.95. The monoisotopic (exact) mass is 235 g/mol. The Bertz CT molecular complexity index is 535. The maximum absolute atomic E-state index is 10.5. The van der Waals surface area contributed by atoms with Gasteiger partial charge < -0.3 is 26.5 Å². The Hall–Kier alpha value is -2.51. The molecule has 0 aliphatic carbocycles. The molecule has 6 N–H and O–H groups in total. The third-order valence-electron chi connectivity index (χ3n) is 2.11. The molecule has 17 heavy (non-hydrogen) atoms. The van der Waals surface area contributed by atoms with Gasteiger partial charge in [-0.3, -0.25) is 0 Å². The van der Waals surface area contributed by atoms with E-state index < -0.39 is 6.03 Å². The third kappa shape index (κ3) is 2.54. The predicted octanol–water partition coefficient (Wildman–Crippen LogP) is -0.608. The molecule has 0 bridgehead atoms. The number of amides is 2. The van der Waals surface area contributed by atoms with Crippen LogP contribution in [0.25, 0.3) is 5.65 Å². The summed E-state index contributed by atoms with van der Waals surface area (Å²) in [5, 5.41) is 5.49. The summed E-state index contributed by atoms with van der Waals surface area (Å²) in [6.45, 7) is 0.889. The van der Waals surface area contributed by atoms with Gasteiger partial charge in [-0.25, -0.2) is 14.8 Å². The maximum atomic E-state index is 10.5. The zero-order valence-corrected chi connectivity index (χ0v) is 9.05. The summed E-state index contributed by atoms with van der Waals surface area (Å²) in [6.07, 6.45) is 5.11. The number of nitrogen functional groups attached to an aromatic ring is 1. The number of hydrogen-bond acceptors (Lipinski definition) is 5. The molecule has 0 aromatic carbocycles. The summed E-state index contributed by atoms with van der Waals surface area (Å²) in [5.41, 5.74) is 11.3. The van der Waals surface area contributed by atoms with E-state index in [-0.39, 0.29) is 0 Å². The highest BCUT2D eigenvalue weighted by molar-refractivity contribution is 5.71. The molecule has 0 aliphatic heterocycles. The van der Waals surface area contributed by atoms with Gasteiger partial charge >= 0.3 is 6.03 Å². The van der Waals surface area contributed by atoms with E-state index in [2.05, 4.69) is 20.6 Å². The lowest BCUT2D eigenvalue weighted by Gasteiger charge is -2.07. The van der Waals surface area contributed by atoms with Crippen molar-refractivity contribution in [2.75, 3.05) is 24.1 Å². The van der Waals surface area contributed by atoms with Gasteiger partial charge in [-0.2, -0.15) is 0 Å². The van der Waals surface area contributed by atoms with Gasteiger partial charge in [0.25, 0.3) is 0 Å². The van der Waals surface area contributed by atoms with Gasteiger partial charge in [0.2, 0.25) is 0 Å². The Balaban J connectivity index is 2.07. The first-order valence-electron chi connectivity index (χ1n) is 5.03. The van der Waals surface area contributed by atoms with E-state index in [1.165, 1.54) is 0 Å². The molecule has 2 aromatic heterocycles. The van der Waals surface area contributed by atoms with Gasteiger partial charge in [0.15, 0.2) is 11.5 Å². The van der Waals surface area contributed by atoms with Crippen LogP contribution in [0.5, 0.6) is 0 Å². The zero-order chi connectivity index (χ0) is 12.3. The number of nitrogens with two attached hydrogens (primary N) is 2. The summed E-state index contributed by atoms with van der Waals surface area (Å²) in [6, 6.07) is -0.557. The number of primary amides is 1. The van der Waals surface area contributed by atoms with Crippen LogP contribution >= 0.6 is 0 Å². The Morgan fingerprint density at radius 1 is 1.47 bits per heavy atom. The Morgan fingerprint density at radius 3 is 3.06 bits per heavy atom. The fourth-order valence-electron chi connectivity index (χ4n) is 1.44. The predicted molar refractivity (Wildman–Crippen MR) is 63.5 cm³/mol. The number of nitrogens with zero attached hydrogens (tertiary/aromatic N) is 3. The second-order valence-corrected chi connectivity index (χ2v) is 3.39. The molecule has 0 aliphatic rings. The molecule has 2 heterocycles. The van der Waals surface area contributed by atoms with Crippen LogP contribution in [0, 0.1) is 0 Å². The van der Waals surface area contributed by atoms with Crippen molar-refractivity contribution in [3.05, 3.63) is 18.6 Å². The number of rotatable bonds is 4. The van der Waals surface area contributed by atoms with Crippen molar-refractivity contribution < 1.29 is 4.79 Å². The minimum Gasteiger partial charge on any atom is -0.382 e. The van der Waals surface area contributed by atoms with Crippen molar-refractivity contribution in [2.45, 2.75) is 0 Å². The van der Waals surface area contributed by atoms with Crippen LogP contribution in [-0.2, 0) is 0 Å². The molecule has 0 radical (unpaired) electrons. The summed E-state index contributed by atoms with van der Waals surface area (Å²) in [7, 11) is 0. The second-order valence-electron chi connectivity index (χ2n) is 3.39. The fourth-order valence-corrected chi connectivity index (χ4v) is 1.44. The topological polar surface area (TPSA) is 123 Å². The van der Waals surface area contributed by atoms with Crippen molar-refractivity contribution in [1.82, 2.24) is 19.7 Å². The van der Waals surface area contributed by atoms with E-state index in [4.69, 9.17) is 11.5 Å². The minimum absolute atomic E-state index is 0.390. The van der Waals surface area contributed by atoms with E-state index in [0.717, 1.165) is 0 Å². The van der Waals surface area contributed by atoms with E-state index in [1.807, 2.05) is 0 Å². The van der Waals surface area contributed by atoms with Gasteiger partial charge in [0.05, 0.1) is 6.20 Å². The first kappa shape index (κ1) is 11.0. The maximum Gasteiger partial charge on any atom is 0.312 e. The van der Waals surface area contributed by atoms with Gasteiger partial charge in [-0.15, -0.1) is 0 Å². The molecule has 0 spiro atoms. The fraction of sp³-hybridized carbons (Fsp3) is 0.222. The number of urea groups is 1. The third-order valence-corrected chi connectivity index (χ3v) is 2.11. The van der Waals surface area contributed by atoms with Crippen molar-refractivity contribution >= 4 is 23.3 Å². The molecular weight excluding hydrogens is 222 g/mol. The molecule has 0 unspecified atom stereocenters. The molecule has 0 saturated heterocycles. The molecule has 0 fully saturated rings. The van der Waals surface area contributed by atoms with Crippen molar-refractivity contribution in [3.8, 4) is 0 Å². The normalized spacial score (nSPS) is 10.4. The minimum atomic E-state index is -0.557. The highest BCUT2D eigenvalue weighted by atomic mass is 16.2. The number of imidazole rings is 1. The molecule has 8 heteroatoms. The molecule has 0 saturated carbocycles. The van der Waals surface area contributed by atoms with Crippen LogP contribution in [-0.4, -0.2) is 33.5 Å². The van der Waals surface area contributed by atoms with Crippen molar-refractivity contribution in [3.63, 3.8) is 0 Å². The van der Waals surface area contributed by atoms with Gasteiger partial charge in [-0.1, -0.05) is 0 Å². The molecule has 2 rings (SSSR count). The molecular formula is C9H13N7O. The van der Waals surface area contributed by atoms with Crippen LogP contribution in [0.1, 0.15) is 0 Å². The average molecular weight is 235 g/mol. The quantitative estimate of drug-likeness (QED) is 0.526. The molecule has 8 nitrogen and oxygen atoms in total. The van der Waals surface area contributed by atoms with Crippen molar-refractivity contribution in [1.29, 1.82) is 0 Å². The molecule has 90 valence electrons. The van der Waals surface area contributed by atoms with Crippen LogP contribution < -0.4 is 22.1 Å². The molecule has 0 atom stereocenters. The van der Waals surface area contributed by atoms with Crippen LogP contribution in [0.15, 0.2) is 18.6 Å².